The third-order valence-corrected chi connectivity index (χ3v) is 4.42. The quantitative estimate of drug-likeness (QED) is 0.297. The highest BCUT2D eigenvalue weighted by molar-refractivity contribution is 6.34. The van der Waals surface area contributed by atoms with Crippen LogP contribution in [0.2, 0.25) is 10.0 Å². The predicted octanol–water partition coefficient (Wildman–Crippen LogP) is 5.69. The van der Waals surface area contributed by atoms with Crippen molar-refractivity contribution in [3.05, 3.63) is 80.8 Å². The van der Waals surface area contributed by atoms with Crippen LogP contribution in [0.5, 0.6) is 0 Å². The number of nitrogens with zero attached hydrogens (tertiary/aromatic N) is 1. The van der Waals surface area contributed by atoms with E-state index in [9.17, 15) is 4.79 Å². The van der Waals surface area contributed by atoms with E-state index in [1.165, 1.54) is 12.5 Å². The van der Waals surface area contributed by atoms with E-state index in [1.807, 2.05) is 68.5 Å². The monoisotopic (exact) mass is 464 g/mol. The van der Waals surface area contributed by atoms with Crippen molar-refractivity contribution in [2.75, 3.05) is 13.2 Å². The zero-order valence-corrected chi connectivity index (χ0v) is 19.2. The molecule has 2 aromatic rings. The molecule has 0 fully saturated rings. The molecule has 0 atom stereocenters. The first-order chi connectivity index (χ1) is 14.7. The molecule has 6 nitrogen and oxygen atoms in total. The second-order valence-corrected chi connectivity index (χ2v) is 7.29. The lowest BCUT2D eigenvalue weighted by molar-refractivity contribution is -0.129. The summed E-state index contributed by atoms with van der Waals surface area (Å²) in [5.41, 5.74) is 4.27. The van der Waals surface area contributed by atoms with Gasteiger partial charge < -0.3 is 14.8 Å². The molecule has 0 aliphatic carbocycles. The maximum Gasteiger partial charge on any atom is 0.353 e. The number of nitrogens with two attached hydrogens (primary N) is 1. The highest BCUT2D eigenvalue weighted by Gasteiger charge is 2.00. The maximum atomic E-state index is 10.4. The molecule has 0 aliphatic rings. The maximum absolute atomic E-state index is 10.4. The van der Waals surface area contributed by atoms with Gasteiger partial charge in [-0.05, 0) is 73.4 Å². The van der Waals surface area contributed by atoms with Crippen LogP contribution in [0.3, 0.4) is 0 Å². The fourth-order valence-electron chi connectivity index (χ4n) is 2.20. The third kappa shape index (κ3) is 10.8. The summed E-state index contributed by atoms with van der Waals surface area (Å²) in [6.45, 7) is 5.98. The van der Waals surface area contributed by atoms with Crippen LogP contribution < -0.4 is 5.90 Å². The zero-order valence-electron chi connectivity index (χ0n) is 17.6. The van der Waals surface area contributed by atoms with Crippen molar-refractivity contribution >= 4 is 47.0 Å². The van der Waals surface area contributed by atoms with Crippen LogP contribution in [-0.2, 0) is 14.5 Å². The zero-order chi connectivity index (χ0) is 23.2. The molecule has 0 saturated heterocycles. The number of carboxylic acid groups (broad SMARTS) is 1. The van der Waals surface area contributed by atoms with Crippen molar-refractivity contribution < 1.29 is 19.6 Å². The summed E-state index contributed by atoms with van der Waals surface area (Å²) >= 11 is 11.7. The van der Waals surface area contributed by atoms with Crippen LogP contribution in [0.15, 0.2) is 53.7 Å². The second kappa shape index (κ2) is 14.4. The van der Waals surface area contributed by atoms with Gasteiger partial charge in [0.25, 0.3) is 0 Å². The van der Waals surface area contributed by atoms with E-state index >= 15 is 0 Å². The van der Waals surface area contributed by atoms with Crippen molar-refractivity contribution in [1.29, 1.82) is 0 Å². The Labute approximate surface area is 192 Å². The average molecular weight is 465 g/mol. The van der Waals surface area contributed by atoms with Gasteiger partial charge in [0.2, 0.25) is 0 Å². The largest absolute Gasteiger partial charge is 0.477 e. The summed E-state index contributed by atoms with van der Waals surface area (Å²) in [4.78, 5) is 19.7. The first kappa shape index (κ1) is 26.4. The number of hydrogen-bond donors (Lipinski definition) is 2. The molecule has 31 heavy (non-hydrogen) atoms. The molecule has 0 radical (unpaired) electrons. The van der Waals surface area contributed by atoms with Crippen LogP contribution in [0.4, 0.5) is 0 Å². The van der Waals surface area contributed by atoms with Gasteiger partial charge in [-0.1, -0.05) is 58.7 Å². The summed E-state index contributed by atoms with van der Waals surface area (Å²) in [6.07, 6.45) is 7.39. The fraction of sp³-hybridized carbons (Fsp3) is 0.217. The SMILES string of the molecule is CC(=NOCC=Cc1cc(Cl)ccc1C)C(=O)O.Cc1ccc(Cl)cc1C=CCON. The molecule has 0 unspecified atom stereocenters. The highest BCUT2D eigenvalue weighted by atomic mass is 35.5. The van der Waals surface area contributed by atoms with Crippen molar-refractivity contribution in [2.45, 2.75) is 20.8 Å². The van der Waals surface area contributed by atoms with Crippen LogP contribution >= 0.6 is 23.2 Å². The Balaban J connectivity index is 0.000000327. The number of hydrogen-bond acceptors (Lipinski definition) is 5. The molecular formula is C23H26Cl2N2O4. The van der Waals surface area contributed by atoms with Crippen LogP contribution in [0.1, 0.15) is 29.2 Å². The minimum atomic E-state index is -1.09. The second-order valence-electron chi connectivity index (χ2n) is 6.42. The lowest BCUT2D eigenvalue weighted by Crippen LogP contribution is -2.08. The van der Waals surface area contributed by atoms with Crippen molar-refractivity contribution in [3.8, 4) is 0 Å². The van der Waals surface area contributed by atoms with Crippen LogP contribution in [-0.4, -0.2) is 30.0 Å². The van der Waals surface area contributed by atoms with E-state index in [0.29, 0.717) is 11.6 Å². The Morgan fingerprint density at radius 1 is 1.00 bits per heavy atom. The van der Waals surface area contributed by atoms with Gasteiger partial charge in [0.1, 0.15) is 6.61 Å². The number of rotatable bonds is 8. The molecule has 0 aliphatic heterocycles. The van der Waals surface area contributed by atoms with Gasteiger partial charge in [-0.15, -0.1) is 0 Å². The Morgan fingerprint density at radius 2 is 1.48 bits per heavy atom. The molecular weight excluding hydrogens is 439 g/mol. The molecule has 0 saturated carbocycles. The minimum absolute atomic E-state index is 0.0812. The van der Waals surface area contributed by atoms with Gasteiger partial charge in [-0.3, -0.25) is 0 Å². The summed E-state index contributed by atoms with van der Waals surface area (Å²) in [5.74, 6) is 3.79. The number of oxime groups is 1. The molecule has 0 amide bonds. The fourth-order valence-corrected chi connectivity index (χ4v) is 2.56. The Bertz CT molecular complexity index is 957. The Kier molecular flexibility index (Phi) is 12.2. The summed E-state index contributed by atoms with van der Waals surface area (Å²) in [7, 11) is 0. The van der Waals surface area contributed by atoms with E-state index in [1.54, 1.807) is 6.08 Å². The Hall–Kier alpha value is -2.64. The number of carbonyl (C=O) groups is 1. The number of aryl methyl sites for hydroxylation is 2. The summed E-state index contributed by atoms with van der Waals surface area (Å²) in [6, 6.07) is 11.4. The van der Waals surface area contributed by atoms with E-state index in [2.05, 4.69) is 9.99 Å². The minimum Gasteiger partial charge on any atom is -0.477 e. The smallest absolute Gasteiger partial charge is 0.353 e. The van der Waals surface area contributed by atoms with Crippen LogP contribution in [0, 0.1) is 13.8 Å². The van der Waals surface area contributed by atoms with E-state index in [4.69, 9.17) is 39.0 Å². The molecule has 0 spiro atoms. The molecule has 2 aromatic carbocycles. The summed E-state index contributed by atoms with van der Waals surface area (Å²) in [5, 5.41) is 13.4. The molecule has 0 aromatic heterocycles. The van der Waals surface area contributed by atoms with Crippen LogP contribution in [0.25, 0.3) is 12.2 Å². The van der Waals surface area contributed by atoms with Gasteiger partial charge in [-0.25, -0.2) is 10.7 Å². The third-order valence-electron chi connectivity index (χ3n) is 3.95. The number of benzene rings is 2. The predicted molar refractivity (Wildman–Crippen MR) is 127 cm³/mol. The van der Waals surface area contributed by atoms with E-state index < -0.39 is 5.97 Å². The van der Waals surface area contributed by atoms with Gasteiger partial charge >= 0.3 is 5.97 Å². The highest BCUT2D eigenvalue weighted by Crippen LogP contribution is 2.17. The van der Waals surface area contributed by atoms with Gasteiger partial charge in [0.15, 0.2) is 5.71 Å². The number of carboxylic acids is 1. The Morgan fingerprint density at radius 3 is 1.94 bits per heavy atom. The topological polar surface area (TPSA) is 94.1 Å². The molecule has 0 bridgehead atoms. The number of aliphatic carboxylic acids is 1. The molecule has 166 valence electrons. The van der Waals surface area contributed by atoms with Crippen molar-refractivity contribution in [1.82, 2.24) is 0 Å². The van der Waals surface area contributed by atoms with Gasteiger partial charge in [0.05, 0.1) is 6.61 Å². The first-order valence-electron chi connectivity index (χ1n) is 9.31. The van der Waals surface area contributed by atoms with Gasteiger partial charge in [-0.2, -0.15) is 0 Å². The van der Waals surface area contributed by atoms with Gasteiger partial charge in [0, 0.05) is 10.0 Å². The lowest BCUT2D eigenvalue weighted by Gasteiger charge is -2.00. The molecule has 3 N–H and O–H groups in total. The lowest BCUT2D eigenvalue weighted by atomic mass is 10.1. The average Bonchev–Trinajstić information content (AvgIpc) is 2.73. The normalized spacial score (nSPS) is 11.5. The van der Waals surface area contributed by atoms with E-state index in [-0.39, 0.29) is 12.3 Å². The van der Waals surface area contributed by atoms with Crippen molar-refractivity contribution in [2.24, 2.45) is 11.1 Å². The molecule has 2 rings (SSSR count). The van der Waals surface area contributed by atoms with E-state index in [0.717, 1.165) is 21.7 Å². The first-order valence-corrected chi connectivity index (χ1v) is 10.1. The number of halogens is 2. The van der Waals surface area contributed by atoms with Crippen molar-refractivity contribution in [3.63, 3.8) is 0 Å². The standard InChI is InChI=1S/C13H14ClNO3.C10H12ClNO/c1-9-5-6-12(14)8-11(9)4-3-7-18-15-10(2)13(16)17;1-8-4-5-10(11)7-9(8)3-2-6-13-12/h3-6,8H,7H2,1-2H3,(H,16,17);2-5,7H,6,12H2,1H3. The summed E-state index contributed by atoms with van der Waals surface area (Å²) < 4.78 is 0. The molecule has 8 heteroatoms. The molecule has 0 heterocycles.